The van der Waals surface area contributed by atoms with Gasteiger partial charge >= 0.3 is 6.03 Å². The van der Waals surface area contributed by atoms with Crippen LogP contribution in [0.25, 0.3) is 0 Å². The molecule has 7 heteroatoms. The van der Waals surface area contributed by atoms with E-state index < -0.39 is 0 Å². The zero-order valence-electron chi connectivity index (χ0n) is 17.2. The Labute approximate surface area is 172 Å². The van der Waals surface area contributed by atoms with Crippen molar-refractivity contribution in [3.63, 3.8) is 0 Å². The molecule has 0 unspecified atom stereocenters. The van der Waals surface area contributed by atoms with Gasteiger partial charge in [0.2, 0.25) is 5.95 Å². The van der Waals surface area contributed by atoms with Gasteiger partial charge < -0.3 is 20.0 Å². The second-order valence-electron chi connectivity index (χ2n) is 7.72. The van der Waals surface area contributed by atoms with Gasteiger partial charge in [0.05, 0.1) is 0 Å². The molecule has 7 nitrogen and oxygen atoms in total. The highest BCUT2D eigenvalue weighted by atomic mass is 16.2. The second kappa shape index (κ2) is 9.11. The minimum Gasteiger partial charge on any atom is -0.353 e. The summed E-state index contributed by atoms with van der Waals surface area (Å²) in [6.45, 7) is 7.12. The highest BCUT2D eigenvalue weighted by Gasteiger charge is 2.23. The van der Waals surface area contributed by atoms with Gasteiger partial charge in [-0.1, -0.05) is 19.1 Å². The molecule has 2 aromatic rings. The molecule has 154 valence electrons. The number of aromatic nitrogens is 2. The molecule has 0 saturated carbocycles. The number of carbonyl (C=O) groups excluding carboxylic acids is 1. The lowest BCUT2D eigenvalue weighted by Crippen LogP contribution is -2.50. The van der Waals surface area contributed by atoms with Crippen molar-refractivity contribution in [3.05, 3.63) is 42.1 Å². The summed E-state index contributed by atoms with van der Waals surface area (Å²) in [5.41, 5.74) is 2.11. The molecule has 0 atom stereocenters. The number of piperazine rings is 1. The van der Waals surface area contributed by atoms with E-state index in [2.05, 4.69) is 39.2 Å². The van der Waals surface area contributed by atoms with Crippen LogP contribution in [0.15, 0.2) is 36.5 Å². The van der Waals surface area contributed by atoms with E-state index >= 15 is 0 Å². The Bertz CT molecular complexity index is 810. The van der Waals surface area contributed by atoms with Crippen LogP contribution in [0.1, 0.15) is 31.7 Å². The topological polar surface area (TPSA) is 64.6 Å². The standard InChI is InChI=1S/C22H30N6O/c1-2-18-6-8-19(9-7-18)24-22(29)28-16-14-26(15-17-28)20-10-11-23-21(25-20)27-12-4-3-5-13-27/h6-11H,2-5,12-17H2,1H3,(H,24,29). The van der Waals surface area contributed by atoms with Gasteiger partial charge in [0.15, 0.2) is 0 Å². The third kappa shape index (κ3) is 4.78. The van der Waals surface area contributed by atoms with Crippen LogP contribution >= 0.6 is 0 Å². The van der Waals surface area contributed by atoms with Crippen LogP contribution in [-0.4, -0.2) is 60.2 Å². The van der Waals surface area contributed by atoms with Crippen LogP contribution in [0.3, 0.4) is 0 Å². The molecule has 0 aliphatic carbocycles. The number of piperidine rings is 1. The first kappa shape index (κ1) is 19.5. The highest BCUT2D eigenvalue weighted by Crippen LogP contribution is 2.20. The van der Waals surface area contributed by atoms with Gasteiger partial charge in [0.25, 0.3) is 0 Å². The molecule has 3 heterocycles. The van der Waals surface area contributed by atoms with Crippen molar-refractivity contribution in [3.8, 4) is 0 Å². The summed E-state index contributed by atoms with van der Waals surface area (Å²) in [6, 6.07) is 9.99. The number of nitrogens with one attached hydrogen (secondary N) is 1. The van der Waals surface area contributed by atoms with Crippen molar-refractivity contribution in [2.45, 2.75) is 32.6 Å². The largest absolute Gasteiger partial charge is 0.353 e. The first-order chi connectivity index (χ1) is 14.2. The smallest absolute Gasteiger partial charge is 0.321 e. The maximum Gasteiger partial charge on any atom is 0.321 e. The molecule has 2 fully saturated rings. The lowest BCUT2D eigenvalue weighted by Gasteiger charge is -2.35. The quantitative estimate of drug-likeness (QED) is 0.861. The van der Waals surface area contributed by atoms with Gasteiger partial charge in [-0.2, -0.15) is 4.98 Å². The van der Waals surface area contributed by atoms with Crippen LogP contribution in [0.2, 0.25) is 0 Å². The third-order valence-electron chi connectivity index (χ3n) is 5.77. The molecule has 2 aliphatic rings. The zero-order chi connectivity index (χ0) is 20.1. The average molecular weight is 395 g/mol. The highest BCUT2D eigenvalue weighted by molar-refractivity contribution is 5.89. The minimum absolute atomic E-state index is 0.0365. The van der Waals surface area contributed by atoms with Crippen LogP contribution in [0.4, 0.5) is 22.2 Å². The molecule has 4 rings (SSSR count). The monoisotopic (exact) mass is 394 g/mol. The number of nitrogens with zero attached hydrogens (tertiary/aromatic N) is 5. The second-order valence-corrected chi connectivity index (χ2v) is 7.72. The fourth-order valence-electron chi connectivity index (χ4n) is 3.93. The van der Waals surface area contributed by atoms with Crippen LogP contribution < -0.4 is 15.1 Å². The molecule has 2 saturated heterocycles. The summed E-state index contributed by atoms with van der Waals surface area (Å²) in [5, 5.41) is 3.01. The number of amides is 2. The molecule has 1 N–H and O–H groups in total. The molecule has 29 heavy (non-hydrogen) atoms. The van der Waals surface area contributed by atoms with Gasteiger partial charge in [-0.3, -0.25) is 0 Å². The fourth-order valence-corrected chi connectivity index (χ4v) is 3.93. The van der Waals surface area contributed by atoms with Crippen LogP contribution in [-0.2, 0) is 6.42 Å². The SMILES string of the molecule is CCc1ccc(NC(=O)N2CCN(c3ccnc(N4CCCCC4)n3)CC2)cc1. The van der Waals surface area contributed by atoms with Crippen molar-refractivity contribution in [1.82, 2.24) is 14.9 Å². The molecule has 0 radical (unpaired) electrons. The van der Waals surface area contributed by atoms with E-state index in [0.29, 0.717) is 13.1 Å². The Morgan fingerprint density at radius 1 is 0.931 bits per heavy atom. The summed E-state index contributed by atoms with van der Waals surface area (Å²) < 4.78 is 0. The Balaban J connectivity index is 1.32. The van der Waals surface area contributed by atoms with Crippen molar-refractivity contribution >= 4 is 23.5 Å². The zero-order valence-corrected chi connectivity index (χ0v) is 17.2. The number of rotatable bonds is 4. The summed E-state index contributed by atoms with van der Waals surface area (Å²) in [6.07, 6.45) is 6.57. The Kier molecular flexibility index (Phi) is 6.12. The van der Waals surface area contributed by atoms with E-state index in [1.54, 1.807) is 0 Å². The van der Waals surface area contributed by atoms with Gasteiger partial charge in [-0.25, -0.2) is 9.78 Å². The average Bonchev–Trinajstić information content (AvgIpc) is 2.80. The van der Waals surface area contributed by atoms with Crippen molar-refractivity contribution < 1.29 is 4.79 Å². The predicted octanol–water partition coefficient (Wildman–Crippen LogP) is 3.38. The molecule has 0 bridgehead atoms. The lowest BCUT2D eigenvalue weighted by molar-refractivity contribution is 0.208. The normalized spacial score (nSPS) is 17.3. The molecule has 2 aliphatic heterocycles. The molecule has 1 aromatic carbocycles. The summed E-state index contributed by atoms with van der Waals surface area (Å²) >= 11 is 0. The number of aryl methyl sites for hydroxylation is 1. The number of hydrogen-bond acceptors (Lipinski definition) is 5. The minimum atomic E-state index is -0.0365. The van der Waals surface area contributed by atoms with E-state index in [4.69, 9.17) is 4.98 Å². The fraction of sp³-hybridized carbons (Fsp3) is 0.500. The number of anilines is 3. The molecule has 2 amide bonds. The summed E-state index contributed by atoms with van der Waals surface area (Å²) in [7, 11) is 0. The number of benzene rings is 1. The van der Waals surface area contributed by atoms with Crippen LogP contribution in [0, 0.1) is 0 Å². The molecular formula is C22H30N6O. The van der Waals surface area contributed by atoms with E-state index in [9.17, 15) is 4.79 Å². The maximum atomic E-state index is 12.6. The maximum absolute atomic E-state index is 12.6. The van der Waals surface area contributed by atoms with Gasteiger partial charge in [-0.15, -0.1) is 0 Å². The lowest BCUT2D eigenvalue weighted by atomic mass is 10.1. The third-order valence-corrected chi connectivity index (χ3v) is 5.77. The van der Waals surface area contributed by atoms with Crippen molar-refractivity contribution in [2.24, 2.45) is 0 Å². The Morgan fingerprint density at radius 2 is 1.66 bits per heavy atom. The number of urea groups is 1. The Hall–Kier alpha value is -2.83. The summed E-state index contributed by atoms with van der Waals surface area (Å²) in [4.78, 5) is 28.3. The van der Waals surface area contributed by atoms with E-state index in [1.165, 1.54) is 24.8 Å². The Morgan fingerprint density at radius 3 is 2.34 bits per heavy atom. The molecule has 0 spiro atoms. The van der Waals surface area contributed by atoms with E-state index in [0.717, 1.165) is 50.1 Å². The van der Waals surface area contributed by atoms with Gasteiger partial charge in [0, 0.05) is 51.2 Å². The summed E-state index contributed by atoms with van der Waals surface area (Å²) in [5.74, 6) is 1.79. The molecular weight excluding hydrogens is 364 g/mol. The van der Waals surface area contributed by atoms with Crippen LogP contribution in [0.5, 0.6) is 0 Å². The first-order valence-electron chi connectivity index (χ1n) is 10.7. The first-order valence-corrected chi connectivity index (χ1v) is 10.7. The predicted molar refractivity (Wildman–Crippen MR) is 117 cm³/mol. The van der Waals surface area contributed by atoms with Gasteiger partial charge in [0.1, 0.15) is 5.82 Å². The van der Waals surface area contributed by atoms with E-state index in [-0.39, 0.29) is 6.03 Å². The number of hydrogen-bond donors (Lipinski definition) is 1. The van der Waals surface area contributed by atoms with Crippen molar-refractivity contribution in [1.29, 1.82) is 0 Å². The van der Waals surface area contributed by atoms with Crippen molar-refractivity contribution in [2.75, 3.05) is 54.4 Å². The van der Waals surface area contributed by atoms with E-state index in [1.807, 2.05) is 29.3 Å². The van der Waals surface area contributed by atoms with Gasteiger partial charge in [-0.05, 0) is 49.4 Å². The molecule has 1 aromatic heterocycles. The number of carbonyl (C=O) groups is 1.